The Balaban J connectivity index is 1.66. The monoisotopic (exact) mass is 464 g/mol. The van der Waals surface area contributed by atoms with Gasteiger partial charge in [0.1, 0.15) is 10.8 Å². The Morgan fingerprint density at radius 3 is 2.42 bits per heavy atom. The van der Waals surface area contributed by atoms with Gasteiger partial charge < -0.3 is 19.5 Å². The fourth-order valence-electron chi connectivity index (χ4n) is 3.99. The topological polar surface area (TPSA) is 69.2 Å². The number of fused-ring (bicyclic) bond motifs is 1. The summed E-state index contributed by atoms with van der Waals surface area (Å²) in [5, 5.41) is 3.78. The zero-order chi connectivity index (χ0) is 23.2. The molecule has 0 unspecified atom stereocenters. The number of carbonyl (C=O) groups excluding carboxylic acids is 1. The van der Waals surface area contributed by atoms with Crippen LogP contribution in [0.2, 0.25) is 0 Å². The first-order valence-corrected chi connectivity index (χ1v) is 11.8. The molecule has 6 nitrogen and oxygen atoms in total. The number of hydrogen-bond acceptors (Lipinski definition) is 6. The number of benzene rings is 2. The van der Waals surface area contributed by atoms with Crippen molar-refractivity contribution in [2.75, 3.05) is 26.6 Å². The molecule has 0 fully saturated rings. The van der Waals surface area contributed by atoms with Crippen LogP contribution in [0.1, 0.15) is 45.6 Å². The van der Waals surface area contributed by atoms with Crippen LogP contribution in [0.3, 0.4) is 0 Å². The predicted molar refractivity (Wildman–Crippen MR) is 133 cm³/mol. The van der Waals surface area contributed by atoms with Crippen molar-refractivity contribution in [1.82, 2.24) is 0 Å². The third kappa shape index (κ3) is 5.20. The van der Waals surface area contributed by atoms with Crippen LogP contribution in [0.5, 0.6) is 17.2 Å². The van der Waals surface area contributed by atoms with Gasteiger partial charge in [-0.15, -0.1) is 11.3 Å². The fourth-order valence-corrected chi connectivity index (χ4v) is 5.22. The van der Waals surface area contributed by atoms with Gasteiger partial charge in [0.25, 0.3) is 5.91 Å². The lowest BCUT2D eigenvalue weighted by atomic mass is 10.0. The van der Waals surface area contributed by atoms with Crippen LogP contribution in [0, 0.1) is 0 Å². The number of methoxy groups -OCH3 is 3. The van der Waals surface area contributed by atoms with Crippen molar-refractivity contribution in [2.24, 2.45) is 4.99 Å². The molecule has 0 saturated heterocycles. The van der Waals surface area contributed by atoms with E-state index in [4.69, 9.17) is 19.2 Å². The van der Waals surface area contributed by atoms with Gasteiger partial charge in [0.15, 0.2) is 11.5 Å². The molecule has 7 heteroatoms. The Labute approximate surface area is 198 Å². The molecule has 0 saturated carbocycles. The van der Waals surface area contributed by atoms with Gasteiger partial charge in [0.05, 0.1) is 26.9 Å². The Kier molecular flexibility index (Phi) is 7.29. The largest absolute Gasteiger partial charge is 0.497 e. The Bertz CT molecular complexity index is 1150. The van der Waals surface area contributed by atoms with Crippen LogP contribution >= 0.6 is 11.3 Å². The normalized spacial score (nSPS) is 13.3. The van der Waals surface area contributed by atoms with Crippen LogP contribution in [-0.2, 0) is 12.8 Å². The molecule has 1 aliphatic carbocycles. The molecular weight excluding hydrogens is 436 g/mol. The number of hydrogen-bond donors (Lipinski definition) is 1. The number of anilines is 1. The summed E-state index contributed by atoms with van der Waals surface area (Å²) < 4.78 is 15.9. The van der Waals surface area contributed by atoms with Gasteiger partial charge in [-0.2, -0.15) is 0 Å². The third-order valence-corrected chi connectivity index (χ3v) is 6.92. The lowest BCUT2D eigenvalue weighted by Crippen LogP contribution is -2.13. The average molecular weight is 465 g/mol. The van der Waals surface area contributed by atoms with Crippen molar-refractivity contribution in [2.45, 2.75) is 32.1 Å². The average Bonchev–Trinajstić information content (AvgIpc) is 3.04. The molecule has 33 heavy (non-hydrogen) atoms. The summed E-state index contributed by atoms with van der Waals surface area (Å²) in [6.07, 6.45) is 7.09. The molecule has 3 aromatic rings. The van der Waals surface area contributed by atoms with Gasteiger partial charge in [-0.05, 0) is 79.3 Å². The number of nitrogens with one attached hydrogen (secondary N) is 1. The van der Waals surface area contributed by atoms with Crippen LogP contribution < -0.4 is 19.5 Å². The lowest BCUT2D eigenvalue weighted by molar-refractivity contribution is 0.102. The number of aliphatic imine (C=N–C) groups is 1. The minimum atomic E-state index is -0.126. The van der Waals surface area contributed by atoms with Crippen LogP contribution in [0.4, 0.5) is 10.7 Å². The van der Waals surface area contributed by atoms with Gasteiger partial charge >= 0.3 is 0 Å². The first kappa shape index (κ1) is 22.9. The quantitative estimate of drug-likeness (QED) is 0.342. The van der Waals surface area contributed by atoms with E-state index in [1.807, 2.05) is 42.5 Å². The second kappa shape index (κ2) is 10.5. The van der Waals surface area contributed by atoms with E-state index >= 15 is 0 Å². The molecule has 172 valence electrons. The van der Waals surface area contributed by atoms with E-state index in [2.05, 4.69) is 5.32 Å². The minimum absolute atomic E-state index is 0.126. The first-order chi connectivity index (χ1) is 16.1. The van der Waals surface area contributed by atoms with Gasteiger partial charge in [-0.25, -0.2) is 4.99 Å². The fraction of sp³-hybridized carbons (Fsp3) is 0.308. The predicted octanol–water partition coefficient (Wildman–Crippen LogP) is 6.05. The summed E-state index contributed by atoms with van der Waals surface area (Å²) >= 11 is 1.62. The van der Waals surface area contributed by atoms with E-state index in [0.717, 1.165) is 53.2 Å². The van der Waals surface area contributed by atoms with Crippen molar-refractivity contribution in [1.29, 1.82) is 0 Å². The number of amides is 1. The van der Waals surface area contributed by atoms with Crippen LogP contribution in [0.15, 0.2) is 47.5 Å². The van der Waals surface area contributed by atoms with E-state index < -0.39 is 0 Å². The molecule has 0 spiro atoms. The minimum Gasteiger partial charge on any atom is -0.497 e. The van der Waals surface area contributed by atoms with Gasteiger partial charge in [-0.1, -0.05) is 6.42 Å². The second-order valence-corrected chi connectivity index (χ2v) is 8.88. The smallest absolute Gasteiger partial charge is 0.259 e. The van der Waals surface area contributed by atoms with Crippen molar-refractivity contribution in [3.05, 3.63) is 64.0 Å². The zero-order valence-corrected chi connectivity index (χ0v) is 20.0. The SMILES string of the molecule is COc1ccc(NC(=O)c2c(/N=C/c3ccc(OC)c(OC)c3)sc3c2CCCCC3)cc1. The highest BCUT2D eigenvalue weighted by Crippen LogP contribution is 2.40. The second-order valence-electron chi connectivity index (χ2n) is 7.80. The van der Waals surface area contributed by atoms with E-state index in [1.54, 1.807) is 38.9 Å². The van der Waals surface area contributed by atoms with Crippen molar-refractivity contribution in [3.63, 3.8) is 0 Å². The molecule has 0 bridgehead atoms. The summed E-state index contributed by atoms with van der Waals surface area (Å²) in [5.41, 5.74) is 3.43. The first-order valence-electron chi connectivity index (χ1n) is 11.0. The molecule has 1 aliphatic rings. The highest BCUT2D eigenvalue weighted by atomic mass is 32.1. The number of aryl methyl sites for hydroxylation is 1. The molecule has 4 rings (SSSR count). The Morgan fingerprint density at radius 1 is 0.939 bits per heavy atom. The molecule has 0 aliphatic heterocycles. The number of ether oxygens (including phenoxy) is 3. The summed E-state index contributed by atoms with van der Waals surface area (Å²) in [5.74, 6) is 1.93. The van der Waals surface area contributed by atoms with Gasteiger partial charge in [0.2, 0.25) is 0 Å². The maximum Gasteiger partial charge on any atom is 0.259 e. The molecular formula is C26H28N2O4S. The molecule has 0 radical (unpaired) electrons. The van der Waals surface area contributed by atoms with Crippen molar-refractivity contribution < 1.29 is 19.0 Å². The highest BCUT2D eigenvalue weighted by Gasteiger charge is 2.24. The van der Waals surface area contributed by atoms with Gasteiger partial charge in [0, 0.05) is 16.8 Å². The third-order valence-electron chi connectivity index (χ3n) is 5.72. The maximum atomic E-state index is 13.4. The standard InChI is InChI=1S/C26H28N2O4S/c1-30-19-12-10-18(11-13-19)28-25(29)24-20-7-5-4-6-8-23(20)33-26(24)27-16-17-9-14-21(31-2)22(15-17)32-3/h9-16H,4-8H2,1-3H3,(H,28,29)/b27-16+. The van der Waals surface area contributed by atoms with E-state index in [0.29, 0.717) is 17.1 Å². The number of nitrogens with zero attached hydrogens (tertiary/aromatic N) is 1. The van der Waals surface area contributed by atoms with E-state index in [9.17, 15) is 4.79 Å². The molecule has 2 aromatic carbocycles. The number of carbonyl (C=O) groups is 1. The highest BCUT2D eigenvalue weighted by molar-refractivity contribution is 7.16. The number of thiophene rings is 1. The van der Waals surface area contributed by atoms with Crippen LogP contribution in [0.25, 0.3) is 0 Å². The van der Waals surface area contributed by atoms with Crippen LogP contribution in [-0.4, -0.2) is 33.5 Å². The molecule has 1 N–H and O–H groups in total. The Morgan fingerprint density at radius 2 is 1.70 bits per heavy atom. The summed E-state index contributed by atoms with van der Waals surface area (Å²) in [7, 11) is 4.84. The zero-order valence-electron chi connectivity index (χ0n) is 19.1. The maximum absolute atomic E-state index is 13.4. The van der Waals surface area contributed by atoms with E-state index in [-0.39, 0.29) is 5.91 Å². The summed E-state index contributed by atoms with van der Waals surface area (Å²) in [4.78, 5) is 19.4. The summed E-state index contributed by atoms with van der Waals surface area (Å²) in [6.45, 7) is 0. The number of rotatable bonds is 7. The Hall–Kier alpha value is -3.32. The molecule has 1 amide bonds. The molecule has 1 heterocycles. The summed E-state index contributed by atoms with van der Waals surface area (Å²) in [6, 6.07) is 13.0. The van der Waals surface area contributed by atoms with Crippen molar-refractivity contribution in [3.8, 4) is 17.2 Å². The van der Waals surface area contributed by atoms with Crippen molar-refractivity contribution >= 4 is 34.1 Å². The van der Waals surface area contributed by atoms with E-state index in [1.165, 1.54) is 11.3 Å². The lowest BCUT2D eigenvalue weighted by Gasteiger charge is -2.09. The van der Waals surface area contributed by atoms with Gasteiger partial charge in [-0.3, -0.25) is 4.79 Å². The molecule has 1 aromatic heterocycles. The molecule has 0 atom stereocenters.